The maximum absolute atomic E-state index is 4.69. The Morgan fingerprint density at radius 2 is 1.40 bits per heavy atom. The van der Waals surface area contributed by atoms with Crippen LogP contribution in [0.4, 0.5) is 0 Å². The maximum Gasteiger partial charge on any atom is 0.131 e. The van der Waals surface area contributed by atoms with E-state index in [0.29, 0.717) is 11.8 Å². The van der Waals surface area contributed by atoms with Gasteiger partial charge in [-0.3, -0.25) is 0 Å². The van der Waals surface area contributed by atoms with E-state index in [0.717, 1.165) is 17.0 Å². The SMILES string of the molecule is C.CC.CC(C)c1nc(C(C)C)c2ccccc2n1.[B]. The molecule has 3 heteroatoms. The molecule has 0 spiro atoms. The molecule has 0 saturated heterocycles. The smallest absolute Gasteiger partial charge is 0.131 e. The number of nitrogens with zero attached hydrogens (tertiary/aromatic N) is 2. The zero-order valence-corrected chi connectivity index (χ0v) is 12.9. The summed E-state index contributed by atoms with van der Waals surface area (Å²) in [5, 5.41) is 1.18. The van der Waals surface area contributed by atoms with E-state index in [-0.39, 0.29) is 15.8 Å². The van der Waals surface area contributed by atoms with Gasteiger partial charge < -0.3 is 0 Å². The average Bonchev–Trinajstić information content (AvgIpc) is 2.39. The van der Waals surface area contributed by atoms with Gasteiger partial charge in [-0.15, -0.1) is 0 Å². The Hall–Kier alpha value is -1.38. The summed E-state index contributed by atoms with van der Waals surface area (Å²) in [7, 11) is 0. The predicted octanol–water partition coefficient (Wildman–Crippen LogP) is 5.16. The third-order valence-electron chi connectivity index (χ3n) is 2.71. The van der Waals surface area contributed by atoms with Crippen LogP contribution in [0.5, 0.6) is 0 Å². The second-order valence-electron chi connectivity index (χ2n) is 4.79. The van der Waals surface area contributed by atoms with Crippen molar-refractivity contribution in [2.45, 2.75) is 60.8 Å². The fraction of sp³-hybridized carbons (Fsp3) is 0.529. The summed E-state index contributed by atoms with van der Waals surface area (Å²) in [5.74, 6) is 1.76. The molecule has 1 heterocycles. The van der Waals surface area contributed by atoms with Crippen LogP contribution < -0.4 is 0 Å². The van der Waals surface area contributed by atoms with Crippen molar-refractivity contribution in [3.8, 4) is 0 Å². The molecular formula is C17H28BN2. The molecule has 0 unspecified atom stereocenters. The monoisotopic (exact) mass is 271 g/mol. The lowest BCUT2D eigenvalue weighted by atomic mass is 10.0. The number of rotatable bonds is 2. The summed E-state index contributed by atoms with van der Waals surface area (Å²) in [6.07, 6.45) is 0. The minimum absolute atomic E-state index is 0. The predicted molar refractivity (Wildman–Crippen MR) is 91.5 cm³/mol. The Bertz CT molecular complexity index is 507. The molecule has 0 aliphatic heterocycles. The highest BCUT2D eigenvalue weighted by molar-refractivity contribution is 5.81. The Kier molecular flexibility index (Phi) is 9.96. The molecule has 2 aromatic rings. The zero-order valence-electron chi connectivity index (χ0n) is 12.9. The third kappa shape index (κ3) is 4.62. The molecule has 20 heavy (non-hydrogen) atoms. The van der Waals surface area contributed by atoms with E-state index in [1.807, 2.05) is 26.0 Å². The van der Waals surface area contributed by atoms with Gasteiger partial charge in [-0.25, -0.2) is 9.97 Å². The van der Waals surface area contributed by atoms with Crippen LogP contribution in [0, 0.1) is 0 Å². The standard InChI is InChI=1S/C14H18N2.C2H6.CH4.B/c1-9(2)13-11-7-5-6-8-12(11)15-14(16-13)10(3)4;1-2;;/h5-10H,1-4H3;1-2H3;1H4;. The van der Waals surface area contributed by atoms with Gasteiger partial charge in [-0.2, -0.15) is 0 Å². The lowest BCUT2D eigenvalue weighted by Crippen LogP contribution is -2.04. The zero-order chi connectivity index (χ0) is 13.7. The van der Waals surface area contributed by atoms with Gasteiger partial charge in [-0.1, -0.05) is 67.2 Å². The first-order valence-electron chi connectivity index (χ1n) is 6.86. The summed E-state index contributed by atoms with van der Waals surface area (Å²) in [4.78, 5) is 9.30. The summed E-state index contributed by atoms with van der Waals surface area (Å²) in [6, 6.07) is 8.25. The third-order valence-corrected chi connectivity index (χ3v) is 2.71. The van der Waals surface area contributed by atoms with E-state index in [9.17, 15) is 0 Å². The molecule has 1 aromatic carbocycles. The molecular weight excluding hydrogens is 243 g/mol. The second kappa shape index (κ2) is 9.52. The Labute approximate surface area is 126 Å². The second-order valence-corrected chi connectivity index (χ2v) is 4.79. The normalized spacial score (nSPS) is 9.60. The Morgan fingerprint density at radius 3 is 1.90 bits per heavy atom. The van der Waals surface area contributed by atoms with Crippen molar-refractivity contribution in [3.63, 3.8) is 0 Å². The largest absolute Gasteiger partial charge is 0.237 e. The molecule has 0 atom stereocenters. The average molecular weight is 271 g/mol. The number of fused-ring (bicyclic) bond motifs is 1. The van der Waals surface area contributed by atoms with E-state index in [2.05, 4.69) is 49.8 Å². The van der Waals surface area contributed by atoms with Crippen molar-refractivity contribution in [2.24, 2.45) is 0 Å². The molecule has 109 valence electrons. The molecule has 0 aliphatic rings. The van der Waals surface area contributed by atoms with Gasteiger partial charge in [0, 0.05) is 19.7 Å². The highest BCUT2D eigenvalue weighted by Gasteiger charge is 2.11. The molecule has 0 N–H and O–H groups in total. The van der Waals surface area contributed by atoms with E-state index in [1.165, 1.54) is 5.39 Å². The van der Waals surface area contributed by atoms with E-state index in [4.69, 9.17) is 0 Å². The lowest BCUT2D eigenvalue weighted by molar-refractivity contribution is 0.743. The van der Waals surface area contributed by atoms with E-state index in [1.54, 1.807) is 0 Å². The highest BCUT2D eigenvalue weighted by atomic mass is 14.9. The van der Waals surface area contributed by atoms with Crippen molar-refractivity contribution in [1.82, 2.24) is 9.97 Å². The van der Waals surface area contributed by atoms with Crippen LogP contribution in [0.1, 0.15) is 72.3 Å². The molecule has 0 aliphatic carbocycles. The van der Waals surface area contributed by atoms with Gasteiger partial charge in [0.1, 0.15) is 5.82 Å². The molecule has 3 radical (unpaired) electrons. The quantitative estimate of drug-likeness (QED) is 0.705. The van der Waals surface area contributed by atoms with Gasteiger partial charge in [0.15, 0.2) is 0 Å². The molecule has 0 bridgehead atoms. The van der Waals surface area contributed by atoms with Gasteiger partial charge in [-0.05, 0) is 12.0 Å². The fourth-order valence-corrected chi connectivity index (χ4v) is 1.82. The van der Waals surface area contributed by atoms with Crippen molar-refractivity contribution in [2.75, 3.05) is 0 Å². The Morgan fingerprint density at radius 1 is 0.850 bits per heavy atom. The number of hydrogen-bond acceptors (Lipinski definition) is 2. The van der Waals surface area contributed by atoms with Crippen molar-refractivity contribution < 1.29 is 0 Å². The van der Waals surface area contributed by atoms with Crippen LogP contribution in [0.15, 0.2) is 24.3 Å². The van der Waals surface area contributed by atoms with Crippen LogP contribution in [0.25, 0.3) is 10.9 Å². The molecule has 0 fully saturated rings. The Balaban J connectivity index is 0. The van der Waals surface area contributed by atoms with Crippen LogP contribution in [-0.4, -0.2) is 18.4 Å². The summed E-state index contributed by atoms with van der Waals surface area (Å²) >= 11 is 0. The van der Waals surface area contributed by atoms with Gasteiger partial charge >= 0.3 is 0 Å². The molecule has 2 nitrogen and oxygen atoms in total. The van der Waals surface area contributed by atoms with E-state index >= 15 is 0 Å². The number of para-hydroxylation sites is 1. The summed E-state index contributed by atoms with van der Waals surface area (Å²) in [6.45, 7) is 12.6. The van der Waals surface area contributed by atoms with Crippen LogP contribution in [0.3, 0.4) is 0 Å². The first-order chi connectivity index (χ1) is 8.59. The molecule has 0 saturated carbocycles. The van der Waals surface area contributed by atoms with Gasteiger partial charge in [0.05, 0.1) is 11.2 Å². The molecule has 2 rings (SSSR count). The number of benzene rings is 1. The van der Waals surface area contributed by atoms with Gasteiger partial charge in [0.25, 0.3) is 0 Å². The van der Waals surface area contributed by atoms with Crippen molar-refractivity contribution in [3.05, 3.63) is 35.8 Å². The first-order valence-corrected chi connectivity index (χ1v) is 6.86. The van der Waals surface area contributed by atoms with E-state index < -0.39 is 0 Å². The lowest BCUT2D eigenvalue weighted by Gasteiger charge is -2.12. The minimum atomic E-state index is 0. The number of hydrogen-bond donors (Lipinski definition) is 0. The van der Waals surface area contributed by atoms with Crippen LogP contribution in [0.2, 0.25) is 0 Å². The topological polar surface area (TPSA) is 25.8 Å². The van der Waals surface area contributed by atoms with Crippen molar-refractivity contribution in [1.29, 1.82) is 0 Å². The highest BCUT2D eigenvalue weighted by Crippen LogP contribution is 2.24. The summed E-state index contributed by atoms with van der Waals surface area (Å²) in [5.41, 5.74) is 2.22. The number of aromatic nitrogens is 2. The first kappa shape index (κ1) is 20.9. The van der Waals surface area contributed by atoms with Crippen molar-refractivity contribution >= 4 is 19.3 Å². The minimum Gasteiger partial charge on any atom is -0.237 e. The fourth-order valence-electron chi connectivity index (χ4n) is 1.82. The molecule has 0 amide bonds. The molecule has 1 aromatic heterocycles. The maximum atomic E-state index is 4.69. The van der Waals surface area contributed by atoms with Crippen LogP contribution >= 0.6 is 0 Å². The summed E-state index contributed by atoms with van der Waals surface area (Å²) < 4.78 is 0. The van der Waals surface area contributed by atoms with Crippen LogP contribution in [-0.2, 0) is 0 Å². The van der Waals surface area contributed by atoms with Gasteiger partial charge in [0.2, 0.25) is 0 Å².